The highest BCUT2D eigenvalue weighted by molar-refractivity contribution is 5.21. The van der Waals surface area contributed by atoms with Crippen LogP contribution in [0.15, 0.2) is 18.2 Å². The lowest BCUT2D eigenvalue weighted by molar-refractivity contribution is -0.0497. The highest BCUT2D eigenvalue weighted by Gasteiger charge is 2.38. The van der Waals surface area contributed by atoms with Gasteiger partial charge in [0, 0.05) is 6.42 Å². The van der Waals surface area contributed by atoms with Gasteiger partial charge in [0.1, 0.15) is 11.6 Å². The highest BCUT2D eigenvalue weighted by atomic mass is 19.1. The number of halogens is 2. The van der Waals surface area contributed by atoms with Gasteiger partial charge in [-0.3, -0.25) is 0 Å². The molecule has 0 aromatic heterocycles. The van der Waals surface area contributed by atoms with E-state index in [1.165, 1.54) is 6.07 Å². The van der Waals surface area contributed by atoms with E-state index < -0.39 is 17.2 Å². The van der Waals surface area contributed by atoms with Gasteiger partial charge in [-0.15, -0.1) is 0 Å². The lowest BCUT2D eigenvalue weighted by Crippen LogP contribution is -2.42. The van der Waals surface area contributed by atoms with Gasteiger partial charge >= 0.3 is 0 Å². The summed E-state index contributed by atoms with van der Waals surface area (Å²) in [6, 6.07) is 3.45. The smallest absolute Gasteiger partial charge is 0.126 e. The first-order valence-corrected chi connectivity index (χ1v) is 6.71. The van der Waals surface area contributed by atoms with Gasteiger partial charge in [0.2, 0.25) is 0 Å². The van der Waals surface area contributed by atoms with Crippen molar-refractivity contribution < 1.29 is 13.9 Å². The second kappa shape index (κ2) is 5.35. The number of hydrogen-bond donors (Lipinski definition) is 1. The van der Waals surface area contributed by atoms with Crippen LogP contribution in [-0.4, -0.2) is 10.7 Å². The van der Waals surface area contributed by atoms with Crippen LogP contribution in [0.5, 0.6) is 0 Å². The van der Waals surface area contributed by atoms with E-state index in [-0.39, 0.29) is 17.9 Å². The SMILES string of the molecule is CCC1CCCCC1(O)Cc1cc(F)ccc1F. The summed E-state index contributed by atoms with van der Waals surface area (Å²) in [5, 5.41) is 10.7. The summed E-state index contributed by atoms with van der Waals surface area (Å²) >= 11 is 0. The van der Waals surface area contributed by atoms with E-state index in [1.807, 2.05) is 6.92 Å². The summed E-state index contributed by atoms with van der Waals surface area (Å²) in [7, 11) is 0. The van der Waals surface area contributed by atoms with E-state index in [4.69, 9.17) is 0 Å². The molecule has 0 radical (unpaired) electrons. The van der Waals surface area contributed by atoms with Gasteiger partial charge in [0.15, 0.2) is 0 Å². The van der Waals surface area contributed by atoms with Gasteiger partial charge in [-0.2, -0.15) is 0 Å². The molecule has 0 saturated heterocycles. The average molecular weight is 254 g/mol. The molecule has 0 spiro atoms. The fraction of sp³-hybridized carbons (Fsp3) is 0.600. The molecule has 2 atom stereocenters. The molecule has 1 aromatic rings. The Morgan fingerprint density at radius 1 is 1.33 bits per heavy atom. The number of benzene rings is 1. The molecule has 1 fully saturated rings. The fourth-order valence-corrected chi connectivity index (χ4v) is 3.12. The first-order chi connectivity index (χ1) is 8.55. The Labute approximate surface area is 107 Å². The standard InChI is InChI=1S/C15H20F2O/c1-2-12-5-3-4-8-15(12,18)10-11-9-13(16)6-7-14(11)17/h6-7,9,12,18H,2-5,8,10H2,1H3. The van der Waals surface area contributed by atoms with Crippen molar-refractivity contribution in [2.45, 2.75) is 51.0 Å². The lowest BCUT2D eigenvalue weighted by Gasteiger charge is -2.40. The largest absolute Gasteiger partial charge is 0.389 e. The predicted octanol–water partition coefficient (Wildman–Crippen LogP) is 3.84. The van der Waals surface area contributed by atoms with Gasteiger partial charge in [0.25, 0.3) is 0 Å². The lowest BCUT2D eigenvalue weighted by atomic mass is 9.71. The zero-order valence-electron chi connectivity index (χ0n) is 10.8. The third kappa shape index (κ3) is 2.72. The molecule has 2 rings (SSSR count). The van der Waals surface area contributed by atoms with Crippen LogP contribution < -0.4 is 0 Å². The van der Waals surface area contributed by atoms with E-state index in [0.717, 1.165) is 37.8 Å². The van der Waals surface area contributed by atoms with Gasteiger partial charge in [-0.1, -0.05) is 26.2 Å². The van der Waals surface area contributed by atoms with Crippen LogP contribution in [0.3, 0.4) is 0 Å². The van der Waals surface area contributed by atoms with Crippen LogP contribution in [0.4, 0.5) is 8.78 Å². The molecule has 1 saturated carbocycles. The molecule has 1 aliphatic rings. The zero-order valence-corrected chi connectivity index (χ0v) is 10.8. The van der Waals surface area contributed by atoms with E-state index in [1.54, 1.807) is 0 Å². The van der Waals surface area contributed by atoms with Crippen LogP contribution in [0, 0.1) is 17.6 Å². The van der Waals surface area contributed by atoms with Gasteiger partial charge < -0.3 is 5.11 Å². The molecule has 2 unspecified atom stereocenters. The highest BCUT2D eigenvalue weighted by Crippen LogP contribution is 2.38. The Morgan fingerprint density at radius 2 is 2.11 bits per heavy atom. The Kier molecular flexibility index (Phi) is 4.00. The van der Waals surface area contributed by atoms with Crippen LogP contribution in [0.1, 0.15) is 44.6 Å². The van der Waals surface area contributed by atoms with Crippen LogP contribution in [0.2, 0.25) is 0 Å². The molecule has 3 heteroatoms. The van der Waals surface area contributed by atoms with Gasteiger partial charge in [-0.05, 0) is 42.5 Å². The average Bonchev–Trinajstić information content (AvgIpc) is 2.34. The molecule has 0 heterocycles. The van der Waals surface area contributed by atoms with E-state index >= 15 is 0 Å². The Morgan fingerprint density at radius 3 is 2.83 bits per heavy atom. The normalized spacial score (nSPS) is 28.3. The van der Waals surface area contributed by atoms with E-state index in [9.17, 15) is 13.9 Å². The summed E-state index contributed by atoms with van der Waals surface area (Å²) in [6.07, 6.45) is 4.84. The third-order valence-electron chi connectivity index (χ3n) is 4.17. The Hall–Kier alpha value is -0.960. The molecule has 0 amide bonds. The van der Waals surface area contributed by atoms with Crippen molar-refractivity contribution in [1.29, 1.82) is 0 Å². The summed E-state index contributed by atoms with van der Waals surface area (Å²) in [5.74, 6) is -0.682. The first kappa shape index (κ1) is 13.5. The second-order valence-corrected chi connectivity index (χ2v) is 5.37. The zero-order chi connectivity index (χ0) is 13.2. The first-order valence-electron chi connectivity index (χ1n) is 6.71. The molecule has 1 N–H and O–H groups in total. The number of rotatable bonds is 3. The monoisotopic (exact) mass is 254 g/mol. The Bertz CT molecular complexity index is 419. The van der Waals surface area contributed by atoms with Crippen molar-refractivity contribution in [1.82, 2.24) is 0 Å². The maximum Gasteiger partial charge on any atom is 0.126 e. The summed E-state index contributed by atoms with van der Waals surface area (Å²) in [6.45, 7) is 2.04. The minimum absolute atomic E-state index is 0.189. The fourth-order valence-electron chi connectivity index (χ4n) is 3.12. The van der Waals surface area contributed by atoms with Crippen LogP contribution in [0.25, 0.3) is 0 Å². The van der Waals surface area contributed by atoms with Crippen molar-refractivity contribution in [2.24, 2.45) is 5.92 Å². The Balaban J connectivity index is 2.22. The predicted molar refractivity (Wildman–Crippen MR) is 67.3 cm³/mol. The maximum absolute atomic E-state index is 13.6. The van der Waals surface area contributed by atoms with Gasteiger partial charge in [0.05, 0.1) is 5.60 Å². The minimum Gasteiger partial charge on any atom is -0.389 e. The molecule has 1 aromatic carbocycles. The number of hydrogen-bond acceptors (Lipinski definition) is 1. The van der Waals surface area contributed by atoms with E-state index in [2.05, 4.69) is 0 Å². The van der Waals surface area contributed by atoms with Crippen LogP contribution in [-0.2, 0) is 6.42 Å². The molecule has 1 nitrogen and oxygen atoms in total. The molecular weight excluding hydrogens is 234 g/mol. The van der Waals surface area contributed by atoms with Crippen molar-refractivity contribution >= 4 is 0 Å². The second-order valence-electron chi connectivity index (χ2n) is 5.37. The quantitative estimate of drug-likeness (QED) is 0.869. The van der Waals surface area contributed by atoms with Crippen molar-refractivity contribution in [3.8, 4) is 0 Å². The van der Waals surface area contributed by atoms with Gasteiger partial charge in [-0.25, -0.2) is 8.78 Å². The third-order valence-corrected chi connectivity index (χ3v) is 4.17. The summed E-state index contributed by atoms with van der Waals surface area (Å²) in [5.41, 5.74) is -0.584. The van der Waals surface area contributed by atoms with Crippen molar-refractivity contribution in [2.75, 3.05) is 0 Å². The summed E-state index contributed by atoms with van der Waals surface area (Å²) < 4.78 is 26.8. The van der Waals surface area contributed by atoms with Crippen molar-refractivity contribution in [3.63, 3.8) is 0 Å². The van der Waals surface area contributed by atoms with Crippen LogP contribution >= 0.6 is 0 Å². The molecule has 0 bridgehead atoms. The minimum atomic E-state index is -0.873. The molecule has 100 valence electrons. The molecule has 0 aliphatic heterocycles. The molecular formula is C15H20F2O. The maximum atomic E-state index is 13.6. The summed E-state index contributed by atoms with van der Waals surface area (Å²) in [4.78, 5) is 0. The number of aliphatic hydroxyl groups is 1. The topological polar surface area (TPSA) is 20.2 Å². The van der Waals surface area contributed by atoms with E-state index in [0.29, 0.717) is 6.42 Å². The van der Waals surface area contributed by atoms with Crippen molar-refractivity contribution in [3.05, 3.63) is 35.4 Å². The molecule has 18 heavy (non-hydrogen) atoms. The molecule has 1 aliphatic carbocycles.